The first-order valence-corrected chi connectivity index (χ1v) is 7.93. The van der Waals surface area contributed by atoms with Crippen LogP contribution < -0.4 is 0 Å². The monoisotopic (exact) mass is 367 g/mol. The second-order valence-electron chi connectivity index (χ2n) is 5.52. The van der Waals surface area contributed by atoms with Crippen LogP contribution in [0.1, 0.15) is 35.6 Å². The van der Waals surface area contributed by atoms with E-state index in [1.54, 1.807) is 24.7 Å². The zero-order valence-electron chi connectivity index (χ0n) is 14.3. The van der Waals surface area contributed by atoms with Crippen LogP contribution in [0.25, 0.3) is 16.9 Å². The standard InChI is InChI=1S/C16H16F3N5O2/c1-4-23-8-11(9(3)22-23)12-6-13(16(17,18)19)24-14(21-12)10(7-20-24)15(25)26-5-2/h6-8H,4-5H2,1-3H3. The van der Waals surface area contributed by atoms with E-state index < -0.39 is 17.8 Å². The molecule has 0 bridgehead atoms. The molecule has 3 rings (SSSR count). The van der Waals surface area contributed by atoms with Crippen molar-refractivity contribution in [1.29, 1.82) is 0 Å². The number of rotatable bonds is 4. The number of nitrogens with zero attached hydrogens (tertiary/aromatic N) is 5. The quantitative estimate of drug-likeness (QED) is 0.663. The van der Waals surface area contributed by atoms with Gasteiger partial charge in [0.05, 0.1) is 24.2 Å². The van der Waals surface area contributed by atoms with E-state index in [0.717, 1.165) is 12.3 Å². The number of esters is 1. The molecule has 0 N–H and O–H groups in total. The molecule has 3 aromatic rings. The van der Waals surface area contributed by atoms with Gasteiger partial charge in [-0.05, 0) is 26.8 Å². The molecule has 0 saturated carbocycles. The van der Waals surface area contributed by atoms with Gasteiger partial charge in [-0.1, -0.05) is 0 Å². The molecule has 3 aromatic heterocycles. The maximum absolute atomic E-state index is 13.5. The minimum absolute atomic E-state index is 0.0630. The molecule has 0 aliphatic rings. The summed E-state index contributed by atoms with van der Waals surface area (Å²) in [5, 5.41) is 7.91. The molecule has 138 valence electrons. The van der Waals surface area contributed by atoms with Gasteiger partial charge in [0.15, 0.2) is 11.3 Å². The van der Waals surface area contributed by atoms with Crippen LogP contribution in [0.15, 0.2) is 18.5 Å². The number of hydrogen-bond donors (Lipinski definition) is 0. The molecule has 0 atom stereocenters. The summed E-state index contributed by atoms with van der Waals surface area (Å²) >= 11 is 0. The SMILES string of the molecule is CCOC(=O)c1cnn2c(C(F)(F)F)cc(-c3cn(CC)nc3C)nc12. The predicted octanol–water partition coefficient (Wildman–Crippen LogP) is 3.12. The highest BCUT2D eigenvalue weighted by molar-refractivity contribution is 5.96. The van der Waals surface area contributed by atoms with Crippen LogP contribution in [0.4, 0.5) is 13.2 Å². The Morgan fingerprint density at radius 2 is 2.04 bits per heavy atom. The lowest BCUT2D eigenvalue weighted by atomic mass is 10.1. The molecule has 0 amide bonds. The van der Waals surface area contributed by atoms with Gasteiger partial charge < -0.3 is 4.74 Å². The number of aryl methyl sites for hydroxylation is 2. The molecule has 10 heteroatoms. The second-order valence-corrected chi connectivity index (χ2v) is 5.52. The van der Waals surface area contributed by atoms with Crippen molar-refractivity contribution in [2.45, 2.75) is 33.5 Å². The summed E-state index contributed by atoms with van der Waals surface area (Å²) in [6, 6.07) is 0.902. The van der Waals surface area contributed by atoms with Gasteiger partial charge in [0.25, 0.3) is 0 Å². The summed E-state index contributed by atoms with van der Waals surface area (Å²) in [6.07, 6.45) is -2.03. The zero-order chi connectivity index (χ0) is 19.1. The first-order valence-electron chi connectivity index (χ1n) is 7.93. The van der Waals surface area contributed by atoms with Crippen LogP contribution >= 0.6 is 0 Å². The minimum Gasteiger partial charge on any atom is -0.462 e. The molecular weight excluding hydrogens is 351 g/mol. The fraction of sp³-hybridized carbons (Fsp3) is 0.375. The summed E-state index contributed by atoms with van der Waals surface area (Å²) in [6.45, 7) is 5.81. The van der Waals surface area contributed by atoms with E-state index in [0.29, 0.717) is 22.3 Å². The zero-order valence-corrected chi connectivity index (χ0v) is 14.3. The van der Waals surface area contributed by atoms with Crippen molar-refractivity contribution in [3.63, 3.8) is 0 Å². The number of halogens is 3. The van der Waals surface area contributed by atoms with Crippen molar-refractivity contribution in [2.24, 2.45) is 0 Å². The summed E-state index contributed by atoms with van der Waals surface area (Å²) in [5.74, 6) is -0.777. The number of hydrogen-bond acceptors (Lipinski definition) is 5. The molecule has 0 aromatic carbocycles. The van der Waals surface area contributed by atoms with Crippen molar-refractivity contribution in [3.05, 3.63) is 35.4 Å². The van der Waals surface area contributed by atoms with E-state index in [1.165, 1.54) is 0 Å². The molecular formula is C16H16F3N5O2. The molecule has 0 saturated heterocycles. The third-order valence-electron chi connectivity index (χ3n) is 3.80. The Balaban J connectivity index is 2.28. The smallest absolute Gasteiger partial charge is 0.433 e. The first kappa shape index (κ1) is 17.9. The van der Waals surface area contributed by atoms with Gasteiger partial charge in [-0.3, -0.25) is 4.68 Å². The third-order valence-corrected chi connectivity index (χ3v) is 3.80. The maximum Gasteiger partial charge on any atom is 0.433 e. The number of carbonyl (C=O) groups excluding carboxylic acids is 1. The van der Waals surface area contributed by atoms with Gasteiger partial charge in [-0.25, -0.2) is 14.3 Å². The van der Waals surface area contributed by atoms with Crippen molar-refractivity contribution in [3.8, 4) is 11.3 Å². The molecule has 0 aliphatic carbocycles. The highest BCUT2D eigenvalue weighted by Crippen LogP contribution is 2.33. The van der Waals surface area contributed by atoms with Crippen LogP contribution in [-0.2, 0) is 17.5 Å². The maximum atomic E-state index is 13.5. The average molecular weight is 367 g/mol. The Bertz CT molecular complexity index is 974. The Morgan fingerprint density at radius 1 is 1.31 bits per heavy atom. The van der Waals surface area contributed by atoms with Crippen molar-refractivity contribution in [1.82, 2.24) is 24.4 Å². The number of ether oxygens (including phenoxy) is 1. The molecule has 0 radical (unpaired) electrons. The Kier molecular flexibility index (Phi) is 4.43. The van der Waals surface area contributed by atoms with Crippen LogP contribution in [0.3, 0.4) is 0 Å². The van der Waals surface area contributed by atoms with Gasteiger partial charge in [0, 0.05) is 18.3 Å². The molecule has 3 heterocycles. The highest BCUT2D eigenvalue weighted by atomic mass is 19.4. The van der Waals surface area contributed by atoms with Crippen LogP contribution in [0, 0.1) is 6.92 Å². The fourth-order valence-corrected chi connectivity index (χ4v) is 2.59. The second kappa shape index (κ2) is 6.43. The minimum atomic E-state index is -4.68. The van der Waals surface area contributed by atoms with Crippen LogP contribution in [0.5, 0.6) is 0 Å². The van der Waals surface area contributed by atoms with E-state index in [9.17, 15) is 18.0 Å². The molecule has 7 nitrogen and oxygen atoms in total. The van der Waals surface area contributed by atoms with E-state index in [-0.39, 0.29) is 23.5 Å². The molecule has 0 aliphatic heterocycles. The van der Waals surface area contributed by atoms with Crippen molar-refractivity contribution < 1.29 is 22.7 Å². The van der Waals surface area contributed by atoms with Crippen molar-refractivity contribution >= 4 is 11.6 Å². The fourth-order valence-electron chi connectivity index (χ4n) is 2.59. The van der Waals surface area contributed by atoms with E-state index in [1.807, 2.05) is 6.92 Å². The molecule has 0 spiro atoms. The predicted molar refractivity (Wildman–Crippen MR) is 85.6 cm³/mol. The average Bonchev–Trinajstić information content (AvgIpc) is 3.16. The summed E-state index contributed by atoms with van der Waals surface area (Å²) in [5.41, 5.74) is -0.314. The van der Waals surface area contributed by atoms with Crippen LogP contribution in [-0.4, -0.2) is 37.0 Å². The van der Waals surface area contributed by atoms with Gasteiger partial charge in [0.2, 0.25) is 0 Å². The highest BCUT2D eigenvalue weighted by Gasteiger charge is 2.36. The Labute approximate surface area is 146 Å². The van der Waals surface area contributed by atoms with E-state index in [4.69, 9.17) is 4.74 Å². The summed E-state index contributed by atoms with van der Waals surface area (Å²) in [7, 11) is 0. The Morgan fingerprint density at radius 3 is 2.62 bits per heavy atom. The lowest BCUT2D eigenvalue weighted by Crippen LogP contribution is -2.14. The van der Waals surface area contributed by atoms with Gasteiger partial charge in [-0.15, -0.1) is 0 Å². The van der Waals surface area contributed by atoms with Gasteiger partial charge in [0.1, 0.15) is 5.56 Å². The lowest BCUT2D eigenvalue weighted by Gasteiger charge is -2.11. The largest absolute Gasteiger partial charge is 0.462 e. The van der Waals surface area contributed by atoms with E-state index >= 15 is 0 Å². The molecule has 0 unspecified atom stereocenters. The summed E-state index contributed by atoms with van der Waals surface area (Å²) in [4.78, 5) is 16.3. The number of alkyl halides is 3. The summed E-state index contributed by atoms with van der Waals surface area (Å²) < 4.78 is 47.6. The van der Waals surface area contributed by atoms with Crippen molar-refractivity contribution in [2.75, 3.05) is 6.61 Å². The topological polar surface area (TPSA) is 74.3 Å². The third kappa shape index (κ3) is 3.02. The number of fused-ring (bicyclic) bond motifs is 1. The van der Waals surface area contributed by atoms with Gasteiger partial charge in [-0.2, -0.15) is 23.4 Å². The Hall–Kier alpha value is -2.91. The first-order chi connectivity index (χ1) is 12.3. The lowest BCUT2D eigenvalue weighted by molar-refractivity contribution is -0.142. The number of aromatic nitrogens is 5. The number of carbonyl (C=O) groups is 1. The molecule has 26 heavy (non-hydrogen) atoms. The molecule has 0 fully saturated rings. The van der Waals surface area contributed by atoms with Crippen LogP contribution in [0.2, 0.25) is 0 Å². The van der Waals surface area contributed by atoms with E-state index in [2.05, 4.69) is 15.2 Å². The van der Waals surface area contributed by atoms with Gasteiger partial charge >= 0.3 is 12.1 Å². The normalized spacial score (nSPS) is 11.9.